The SMILES string of the molecule is S.[Co].[Cu].[Pt]. The zero-order valence-corrected chi connectivity index (χ0v) is 6.71. The summed E-state index contributed by atoms with van der Waals surface area (Å²) >= 11 is 0. The summed E-state index contributed by atoms with van der Waals surface area (Å²) in [5, 5.41) is 0. The molecule has 0 fully saturated rings. The first-order chi connectivity index (χ1) is 0. The van der Waals surface area contributed by atoms with Crippen molar-refractivity contribution >= 4 is 13.5 Å². The van der Waals surface area contributed by atoms with E-state index in [1.54, 1.807) is 0 Å². The molecule has 0 aliphatic carbocycles. The van der Waals surface area contributed by atoms with Crippen LogP contribution in [0.1, 0.15) is 0 Å². The van der Waals surface area contributed by atoms with Crippen molar-refractivity contribution in [3.63, 3.8) is 0 Å². The minimum Gasteiger partial charge on any atom is -0.197 e. The van der Waals surface area contributed by atoms with Crippen LogP contribution in [0.25, 0.3) is 0 Å². The molecule has 0 spiro atoms. The Morgan fingerprint density at radius 2 is 1.00 bits per heavy atom. The molecule has 4 heavy (non-hydrogen) atoms. The van der Waals surface area contributed by atoms with Gasteiger partial charge in [0.05, 0.1) is 0 Å². The van der Waals surface area contributed by atoms with Crippen LogP contribution in [0, 0.1) is 0 Å². The van der Waals surface area contributed by atoms with Crippen molar-refractivity contribution in [3.8, 4) is 0 Å². The maximum Gasteiger partial charge on any atom is 0 e. The van der Waals surface area contributed by atoms with E-state index in [2.05, 4.69) is 0 Å². The smallest absolute Gasteiger partial charge is 0 e. The Labute approximate surface area is 67.9 Å². The Hall–Kier alpha value is 2.06. The van der Waals surface area contributed by atoms with Crippen LogP contribution in [-0.2, 0) is 54.9 Å². The van der Waals surface area contributed by atoms with Crippen LogP contribution in [0.15, 0.2) is 0 Å². The molecule has 0 atom stereocenters. The fourth-order valence-corrected chi connectivity index (χ4v) is 0. The molecule has 0 bridgehead atoms. The first kappa shape index (κ1) is 36.5. The number of hydrogen-bond donors (Lipinski definition) is 0. The van der Waals surface area contributed by atoms with Gasteiger partial charge in [0.15, 0.2) is 0 Å². The predicted octanol–water partition coefficient (Wildman–Crippen LogP) is 0.105. The van der Waals surface area contributed by atoms with Crippen molar-refractivity contribution in [1.82, 2.24) is 0 Å². The average Bonchev–Trinajstić information content (AvgIpc) is 0. The van der Waals surface area contributed by atoms with Crippen LogP contribution in [-0.4, -0.2) is 0 Å². The van der Waals surface area contributed by atoms with Crippen molar-refractivity contribution in [2.24, 2.45) is 0 Å². The Bertz CT molecular complexity index is 8.00. The van der Waals surface area contributed by atoms with Crippen LogP contribution in [0.2, 0.25) is 0 Å². The summed E-state index contributed by atoms with van der Waals surface area (Å²) in [5.41, 5.74) is 0. The second-order valence-electron chi connectivity index (χ2n) is 0. The molecule has 0 heterocycles. The molecule has 0 saturated heterocycles. The summed E-state index contributed by atoms with van der Waals surface area (Å²) in [6.45, 7) is 0. The monoisotopic (exact) mass is 351 g/mol. The van der Waals surface area contributed by atoms with Crippen LogP contribution in [0.4, 0.5) is 0 Å². The van der Waals surface area contributed by atoms with Gasteiger partial charge in [0.1, 0.15) is 0 Å². The summed E-state index contributed by atoms with van der Waals surface area (Å²) in [7, 11) is 0. The third kappa shape index (κ3) is 8.96. The van der Waals surface area contributed by atoms with Gasteiger partial charge in [-0.3, -0.25) is 0 Å². The van der Waals surface area contributed by atoms with E-state index in [1.807, 2.05) is 0 Å². The van der Waals surface area contributed by atoms with Gasteiger partial charge >= 0.3 is 0 Å². The van der Waals surface area contributed by atoms with E-state index in [0.29, 0.717) is 0 Å². The molecule has 0 unspecified atom stereocenters. The van der Waals surface area contributed by atoms with Gasteiger partial charge in [0.2, 0.25) is 0 Å². The van der Waals surface area contributed by atoms with Crippen LogP contribution in [0.3, 0.4) is 0 Å². The molecule has 0 amide bonds. The second-order valence-corrected chi connectivity index (χ2v) is 0. The molecule has 0 nitrogen and oxygen atoms in total. The van der Waals surface area contributed by atoms with Gasteiger partial charge < -0.3 is 0 Å². The van der Waals surface area contributed by atoms with Crippen LogP contribution >= 0.6 is 13.5 Å². The van der Waals surface area contributed by atoms with E-state index in [9.17, 15) is 0 Å². The van der Waals surface area contributed by atoms with Gasteiger partial charge in [-0.1, -0.05) is 0 Å². The zero-order valence-electron chi connectivity index (χ0n) is 1.45. The van der Waals surface area contributed by atoms with Crippen LogP contribution in [0.5, 0.6) is 0 Å². The number of hydrogen-bond acceptors (Lipinski definition) is 0. The van der Waals surface area contributed by atoms with Crippen molar-refractivity contribution in [2.45, 2.75) is 0 Å². The quantitative estimate of drug-likeness (QED) is 0.543. The van der Waals surface area contributed by atoms with Gasteiger partial charge in [-0.2, -0.15) is 13.5 Å². The average molecular weight is 352 g/mol. The molecule has 2 radical (unpaired) electrons. The molecule has 0 rings (SSSR count). The standard InChI is InChI=1S/Co.Cu.Pt.H2S/h;;;1H2. The third-order valence-electron chi connectivity index (χ3n) is 0. The fourth-order valence-electron chi connectivity index (χ4n) is 0. The predicted molar refractivity (Wildman–Crippen MR) is 10.4 cm³/mol. The molecule has 0 N–H and O–H groups in total. The van der Waals surface area contributed by atoms with E-state index in [-0.39, 0.29) is 68.4 Å². The maximum absolute atomic E-state index is 0. The van der Waals surface area contributed by atoms with E-state index in [0.717, 1.165) is 0 Å². The van der Waals surface area contributed by atoms with Crippen LogP contribution < -0.4 is 0 Å². The Morgan fingerprint density at radius 1 is 1.00 bits per heavy atom. The van der Waals surface area contributed by atoms with E-state index in [1.165, 1.54) is 0 Å². The Balaban J connectivity index is 0. The normalized spacial score (nSPS) is 0. The molecule has 0 aliphatic rings. The molecule has 0 aromatic carbocycles. The summed E-state index contributed by atoms with van der Waals surface area (Å²) in [6.07, 6.45) is 0. The van der Waals surface area contributed by atoms with E-state index >= 15 is 0 Å². The Kier molecular flexibility index (Phi) is 179. The first-order valence-electron chi connectivity index (χ1n) is 0. The molecule has 4 heteroatoms. The zero-order chi connectivity index (χ0) is 0. The minimum atomic E-state index is 0. The van der Waals surface area contributed by atoms with Crippen molar-refractivity contribution in [2.75, 3.05) is 0 Å². The summed E-state index contributed by atoms with van der Waals surface area (Å²) in [5.74, 6) is 0. The summed E-state index contributed by atoms with van der Waals surface area (Å²) in [6, 6.07) is 0. The largest absolute Gasteiger partial charge is 0.197 e. The van der Waals surface area contributed by atoms with Crippen molar-refractivity contribution < 1.29 is 54.9 Å². The van der Waals surface area contributed by atoms with Crippen molar-refractivity contribution in [1.29, 1.82) is 0 Å². The third-order valence-corrected chi connectivity index (χ3v) is 0. The molecule has 0 aromatic heterocycles. The molecular weight excluding hydrogens is 350 g/mol. The van der Waals surface area contributed by atoms with Gasteiger partial charge in [0.25, 0.3) is 0 Å². The summed E-state index contributed by atoms with van der Waals surface area (Å²) in [4.78, 5) is 0. The minimum absolute atomic E-state index is 0. The first-order valence-corrected chi connectivity index (χ1v) is 0. The maximum atomic E-state index is 0. The Morgan fingerprint density at radius 3 is 1.00 bits per heavy atom. The fraction of sp³-hybridized carbons (Fsp3) is 0. The van der Waals surface area contributed by atoms with Crippen molar-refractivity contribution in [3.05, 3.63) is 0 Å². The number of rotatable bonds is 0. The van der Waals surface area contributed by atoms with E-state index < -0.39 is 0 Å². The molecular formula is H2CoCuPtS. The topological polar surface area (TPSA) is 0 Å². The van der Waals surface area contributed by atoms with Gasteiger partial charge in [0, 0.05) is 54.9 Å². The second kappa shape index (κ2) is 19.6. The van der Waals surface area contributed by atoms with Gasteiger partial charge in [-0.05, 0) is 0 Å². The van der Waals surface area contributed by atoms with E-state index in [4.69, 9.17) is 0 Å². The molecule has 0 aromatic rings. The molecule has 38 valence electrons. The molecule has 0 aliphatic heterocycles. The van der Waals surface area contributed by atoms with Gasteiger partial charge in [-0.15, -0.1) is 0 Å². The van der Waals surface area contributed by atoms with Gasteiger partial charge in [-0.25, -0.2) is 0 Å². The summed E-state index contributed by atoms with van der Waals surface area (Å²) < 4.78 is 0. The molecule has 0 saturated carbocycles.